The number of carbonyl (C=O) groups is 1. The fourth-order valence-corrected chi connectivity index (χ4v) is 5.10. The van der Waals surface area contributed by atoms with E-state index in [1.165, 1.54) is 6.92 Å². The number of amides is 1. The standard InChI is InChI=1S/C28H27N5O3S/c1-18(34)30-21-17-19(13-14-24(21)35-2)33-27(26(31-28(33)37)20-9-6-7-15-29-20)23-11-8-16-32(23)22-10-4-5-12-25(22)36-3/h4-17,26-27H,1-3H3,(H,30,34)(H,31,37)/t26-,27-/m1/s1. The third kappa shape index (κ3) is 4.61. The predicted octanol–water partition coefficient (Wildman–Crippen LogP) is 5.03. The van der Waals surface area contributed by atoms with Crippen LogP contribution >= 0.6 is 12.2 Å². The lowest BCUT2D eigenvalue weighted by Crippen LogP contribution is -2.30. The summed E-state index contributed by atoms with van der Waals surface area (Å²) in [6, 6.07) is 23.0. The van der Waals surface area contributed by atoms with E-state index in [1.54, 1.807) is 20.4 Å². The lowest BCUT2D eigenvalue weighted by atomic mass is 10.0. The van der Waals surface area contributed by atoms with Gasteiger partial charge in [0.05, 0.1) is 37.3 Å². The van der Waals surface area contributed by atoms with Gasteiger partial charge in [0.25, 0.3) is 0 Å². The number of pyridine rings is 1. The Kier molecular flexibility index (Phi) is 6.78. The van der Waals surface area contributed by atoms with E-state index >= 15 is 0 Å². The van der Waals surface area contributed by atoms with Gasteiger partial charge in [-0.2, -0.15) is 0 Å². The molecule has 3 heterocycles. The van der Waals surface area contributed by atoms with Gasteiger partial charge in [-0.1, -0.05) is 18.2 Å². The van der Waals surface area contributed by atoms with Gasteiger partial charge in [-0.25, -0.2) is 0 Å². The molecule has 0 unspecified atom stereocenters. The monoisotopic (exact) mass is 513 g/mol. The first-order valence-corrected chi connectivity index (χ1v) is 12.2. The summed E-state index contributed by atoms with van der Waals surface area (Å²) in [6.07, 6.45) is 3.79. The van der Waals surface area contributed by atoms with Crippen molar-refractivity contribution in [1.29, 1.82) is 0 Å². The average Bonchev–Trinajstić information content (AvgIpc) is 3.53. The fourth-order valence-electron chi connectivity index (χ4n) is 4.75. The van der Waals surface area contributed by atoms with Gasteiger partial charge in [-0.3, -0.25) is 9.78 Å². The summed E-state index contributed by atoms with van der Waals surface area (Å²) < 4.78 is 13.3. The van der Waals surface area contributed by atoms with Crippen LogP contribution in [0.1, 0.15) is 30.4 Å². The smallest absolute Gasteiger partial charge is 0.221 e. The number of anilines is 2. The molecule has 8 nitrogen and oxygen atoms in total. The minimum atomic E-state index is -0.263. The minimum absolute atomic E-state index is 0.189. The average molecular weight is 514 g/mol. The second kappa shape index (κ2) is 10.3. The molecule has 2 aromatic heterocycles. The van der Waals surface area contributed by atoms with E-state index in [2.05, 4.69) is 31.2 Å². The number of benzene rings is 2. The zero-order chi connectivity index (χ0) is 25.9. The molecule has 37 heavy (non-hydrogen) atoms. The van der Waals surface area contributed by atoms with Crippen molar-refractivity contribution in [2.75, 3.05) is 24.4 Å². The number of ether oxygens (including phenoxy) is 2. The molecule has 1 fully saturated rings. The van der Waals surface area contributed by atoms with Crippen LogP contribution in [-0.4, -0.2) is 34.8 Å². The Morgan fingerprint density at radius 3 is 2.51 bits per heavy atom. The van der Waals surface area contributed by atoms with E-state index in [4.69, 9.17) is 21.7 Å². The highest BCUT2D eigenvalue weighted by molar-refractivity contribution is 7.80. The molecule has 2 atom stereocenters. The molecule has 9 heteroatoms. The molecule has 0 bridgehead atoms. The van der Waals surface area contributed by atoms with Gasteiger partial charge >= 0.3 is 0 Å². The molecule has 1 saturated heterocycles. The number of thiocarbonyl (C=S) groups is 1. The predicted molar refractivity (Wildman–Crippen MR) is 148 cm³/mol. The van der Waals surface area contributed by atoms with Gasteiger partial charge in [0.1, 0.15) is 17.5 Å². The van der Waals surface area contributed by atoms with E-state index in [0.29, 0.717) is 16.5 Å². The molecular weight excluding hydrogens is 486 g/mol. The van der Waals surface area contributed by atoms with E-state index in [9.17, 15) is 4.79 Å². The molecule has 0 aliphatic carbocycles. The molecule has 4 aromatic rings. The van der Waals surface area contributed by atoms with Crippen molar-refractivity contribution >= 4 is 34.6 Å². The van der Waals surface area contributed by atoms with E-state index < -0.39 is 0 Å². The van der Waals surface area contributed by atoms with Gasteiger partial charge in [0, 0.05) is 30.7 Å². The molecule has 2 N–H and O–H groups in total. The van der Waals surface area contributed by atoms with Crippen LogP contribution in [0.4, 0.5) is 11.4 Å². The maximum absolute atomic E-state index is 11.9. The number of nitrogens with one attached hydrogen (secondary N) is 2. The van der Waals surface area contributed by atoms with Crippen molar-refractivity contribution in [3.05, 3.63) is 96.6 Å². The van der Waals surface area contributed by atoms with Crippen molar-refractivity contribution in [2.24, 2.45) is 0 Å². The Bertz CT molecular complexity index is 1440. The number of hydrogen-bond donors (Lipinski definition) is 2. The lowest BCUT2D eigenvalue weighted by Gasteiger charge is -2.29. The summed E-state index contributed by atoms with van der Waals surface area (Å²) in [5, 5.41) is 6.89. The number of rotatable bonds is 7. The first-order chi connectivity index (χ1) is 18.0. The fraction of sp³-hybridized carbons (Fsp3) is 0.179. The van der Waals surface area contributed by atoms with E-state index in [-0.39, 0.29) is 18.0 Å². The largest absolute Gasteiger partial charge is 0.495 e. The zero-order valence-corrected chi connectivity index (χ0v) is 21.5. The van der Waals surface area contributed by atoms with E-state index in [1.807, 2.05) is 72.9 Å². The van der Waals surface area contributed by atoms with Crippen molar-refractivity contribution in [1.82, 2.24) is 14.9 Å². The van der Waals surface area contributed by atoms with E-state index in [0.717, 1.165) is 28.5 Å². The van der Waals surface area contributed by atoms with Crippen molar-refractivity contribution in [2.45, 2.75) is 19.0 Å². The Balaban J connectivity index is 1.68. The van der Waals surface area contributed by atoms with Crippen LogP contribution < -0.4 is 25.0 Å². The van der Waals surface area contributed by atoms with Crippen LogP contribution in [0.25, 0.3) is 5.69 Å². The van der Waals surface area contributed by atoms with Gasteiger partial charge in [0.2, 0.25) is 5.91 Å². The quantitative estimate of drug-likeness (QED) is 0.336. The summed E-state index contributed by atoms with van der Waals surface area (Å²) in [7, 11) is 3.24. The Labute approximate surface area is 220 Å². The maximum atomic E-state index is 11.9. The lowest BCUT2D eigenvalue weighted by molar-refractivity contribution is -0.114. The first-order valence-electron chi connectivity index (χ1n) is 11.8. The molecule has 5 rings (SSSR count). The van der Waals surface area contributed by atoms with Crippen LogP contribution in [0.3, 0.4) is 0 Å². The number of aromatic nitrogens is 2. The van der Waals surface area contributed by atoms with Crippen LogP contribution in [-0.2, 0) is 4.79 Å². The SMILES string of the molecule is COc1ccc(N2C(=S)N[C@H](c3ccccn3)[C@H]2c2cccn2-c2ccccc2OC)cc1NC(C)=O. The number of hydrogen-bond acceptors (Lipinski definition) is 5. The Morgan fingerprint density at radius 1 is 1.00 bits per heavy atom. The molecule has 1 aliphatic heterocycles. The normalized spacial score (nSPS) is 16.8. The molecule has 0 spiro atoms. The van der Waals surface area contributed by atoms with Gasteiger partial charge in [-0.05, 0) is 66.8 Å². The molecule has 1 aliphatic rings. The first kappa shape index (κ1) is 24.3. The number of methoxy groups -OCH3 is 2. The minimum Gasteiger partial charge on any atom is -0.495 e. The van der Waals surface area contributed by atoms with Gasteiger partial charge in [-0.15, -0.1) is 0 Å². The second-order valence-electron chi connectivity index (χ2n) is 8.54. The van der Waals surface area contributed by atoms with Gasteiger partial charge < -0.3 is 29.6 Å². The summed E-state index contributed by atoms with van der Waals surface area (Å²) in [5.74, 6) is 1.13. The Hall–Kier alpha value is -4.37. The summed E-state index contributed by atoms with van der Waals surface area (Å²) in [6.45, 7) is 1.47. The number of para-hydroxylation sites is 2. The molecule has 2 aromatic carbocycles. The topological polar surface area (TPSA) is 80.7 Å². The third-order valence-electron chi connectivity index (χ3n) is 6.30. The number of carbonyl (C=O) groups excluding carboxylic acids is 1. The Morgan fingerprint density at radius 2 is 1.78 bits per heavy atom. The second-order valence-corrected chi connectivity index (χ2v) is 8.92. The third-order valence-corrected chi connectivity index (χ3v) is 6.61. The molecule has 0 radical (unpaired) electrons. The summed E-state index contributed by atoms with van der Waals surface area (Å²) in [5.41, 5.74) is 4.13. The number of nitrogens with zero attached hydrogens (tertiary/aromatic N) is 3. The highest BCUT2D eigenvalue weighted by Crippen LogP contribution is 2.44. The van der Waals surface area contributed by atoms with Gasteiger partial charge in [0.15, 0.2) is 5.11 Å². The van der Waals surface area contributed by atoms with Crippen molar-refractivity contribution in [3.8, 4) is 17.2 Å². The van der Waals surface area contributed by atoms with Crippen LogP contribution in [0.2, 0.25) is 0 Å². The van der Waals surface area contributed by atoms with Crippen molar-refractivity contribution < 1.29 is 14.3 Å². The highest BCUT2D eigenvalue weighted by atomic mass is 32.1. The van der Waals surface area contributed by atoms with Crippen molar-refractivity contribution in [3.63, 3.8) is 0 Å². The molecule has 1 amide bonds. The van der Waals surface area contributed by atoms with Crippen LogP contribution in [0.5, 0.6) is 11.5 Å². The maximum Gasteiger partial charge on any atom is 0.221 e. The molecule has 188 valence electrons. The molecular formula is C28H27N5O3S. The highest BCUT2D eigenvalue weighted by Gasteiger charge is 2.42. The summed E-state index contributed by atoms with van der Waals surface area (Å²) in [4.78, 5) is 18.6. The van der Waals surface area contributed by atoms with Crippen LogP contribution in [0.15, 0.2) is 85.2 Å². The van der Waals surface area contributed by atoms with Crippen LogP contribution in [0, 0.1) is 0 Å². The summed E-state index contributed by atoms with van der Waals surface area (Å²) >= 11 is 5.89. The zero-order valence-electron chi connectivity index (χ0n) is 20.7. The molecule has 0 saturated carbocycles.